The molecule has 0 spiro atoms. The van der Waals surface area contributed by atoms with Crippen LogP contribution in [0.15, 0.2) is 24.3 Å². The number of nitrogens with one attached hydrogen (secondary N) is 1. The van der Waals surface area contributed by atoms with Crippen molar-refractivity contribution < 1.29 is 4.79 Å². The molecule has 0 radical (unpaired) electrons. The first-order chi connectivity index (χ1) is 12.2. The molecule has 2 aliphatic rings. The maximum atomic E-state index is 12.5. The summed E-state index contributed by atoms with van der Waals surface area (Å²) in [4.78, 5) is 16.9. The standard InChI is InChI=1S/C20H30ClN3O/c21-18-9-7-17(8-10-18)11-12-23-13-15-24(16-14-23)20(25)22-19-5-3-1-2-4-6-19/h7-10,19H,1-6,11-16H2,(H,22,25). The van der Waals surface area contributed by atoms with Crippen molar-refractivity contribution in [3.05, 3.63) is 34.9 Å². The lowest BCUT2D eigenvalue weighted by Gasteiger charge is -2.35. The average Bonchev–Trinajstić information content (AvgIpc) is 2.90. The Balaban J connectivity index is 1.37. The van der Waals surface area contributed by atoms with Crippen LogP contribution in [0.5, 0.6) is 0 Å². The molecule has 1 saturated carbocycles. The summed E-state index contributed by atoms with van der Waals surface area (Å²) in [6, 6.07) is 8.62. The number of amides is 2. The van der Waals surface area contributed by atoms with E-state index >= 15 is 0 Å². The lowest BCUT2D eigenvalue weighted by molar-refractivity contribution is 0.137. The van der Waals surface area contributed by atoms with Crippen molar-refractivity contribution >= 4 is 17.6 Å². The van der Waals surface area contributed by atoms with E-state index in [9.17, 15) is 4.79 Å². The van der Waals surface area contributed by atoms with Crippen molar-refractivity contribution in [1.82, 2.24) is 15.1 Å². The second-order valence-corrected chi connectivity index (χ2v) is 7.78. The largest absolute Gasteiger partial charge is 0.335 e. The van der Waals surface area contributed by atoms with Gasteiger partial charge in [-0.2, -0.15) is 0 Å². The molecule has 25 heavy (non-hydrogen) atoms. The topological polar surface area (TPSA) is 35.6 Å². The second kappa shape index (κ2) is 9.44. The molecule has 2 fully saturated rings. The SMILES string of the molecule is O=C(NC1CCCCCC1)N1CCN(CCc2ccc(Cl)cc2)CC1. The van der Waals surface area contributed by atoms with Crippen LogP contribution < -0.4 is 5.32 Å². The van der Waals surface area contributed by atoms with Gasteiger partial charge in [0.2, 0.25) is 0 Å². The smallest absolute Gasteiger partial charge is 0.317 e. The van der Waals surface area contributed by atoms with Crippen molar-refractivity contribution in [1.29, 1.82) is 0 Å². The quantitative estimate of drug-likeness (QED) is 0.822. The minimum atomic E-state index is 0.143. The highest BCUT2D eigenvalue weighted by molar-refractivity contribution is 6.30. The third-order valence-electron chi connectivity index (χ3n) is 5.47. The number of rotatable bonds is 4. The van der Waals surface area contributed by atoms with Gasteiger partial charge in [0.15, 0.2) is 0 Å². The summed E-state index contributed by atoms with van der Waals surface area (Å²) in [6.07, 6.45) is 8.47. The molecule has 0 aromatic heterocycles. The van der Waals surface area contributed by atoms with E-state index in [1.165, 1.54) is 31.2 Å². The number of urea groups is 1. The van der Waals surface area contributed by atoms with Crippen LogP contribution in [0.3, 0.4) is 0 Å². The van der Waals surface area contributed by atoms with Gasteiger partial charge in [0, 0.05) is 43.8 Å². The molecule has 1 heterocycles. The molecule has 1 N–H and O–H groups in total. The van der Waals surface area contributed by atoms with Crippen LogP contribution in [0.4, 0.5) is 4.79 Å². The number of nitrogens with zero attached hydrogens (tertiary/aromatic N) is 2. The number of benzene rings is 1. The molecule has 0 unspecified atom stereocenters. The first-order valence-electron chi connectivity index (χ1n) is 9.73. The zero-order valence-corrected chi connectivity index (χ0v) is 15.8. The number of halogens is 1. The van der Waals surface area contributed by atoms with Crippen molar-refractivity contribution in [2.75, 3.05) is 32.7 Å². The fourth-order valence-electron chi connectivity index (χ4n) is 3.80. The lowest BCUT2D eigenvalue weighted by Crippen LogP contribution is -2.53. The Hall–Kier alpha value is -1.26. The number of hydrogen-bond acceptors (Lipinski definition) is 2. The van der Waals surface area contributed by atoms with Crippen LogP contribution in [0.1, 0.15) is 44.1 Å². The highest BCUT2D eigenvalue weighted by atomic mass is 35.5. The minimum Gasteiger partial charge on any atom is -0.335 e. The number of carbonyl (C=O) groups is 1. The van der Waals surface area contributed by atoms with Gasteiger partial charge < -0.3 is 10.2 Å². The lowest BCUT2D eigenvalue weighted by atomic mass is 10.1. The Morgan fingerprint density at radius 2 is 1.64 bits per heavy atom. The van der Waals surface area contributed by atoms with Gasteiger partial charge >= 0.3 is 6.03 Å². The second-order valence-electron chi connectivity index (χ2n) is 7.34. The molecule has 0 bridgehead atoms. The average molecular weight is 364 g/mol. The van der Waals surface area contributed by atoms with E-state index < -0.39 is 0 Å². The maximum Gasteiger partial charge on any atom is 0.317 e. The molecule has 1 aromatic rings. The van der Waals surface area contributed by atoms with Crippen LogP contribution in [-0.2, 0) is 6.42 Å². The molecule has 3 rings (SSSR count). The van der Waals surface area contributed by atoms with Gasteiger partial charge in [0.1, 0.15) is 0 Å². The van der Waals surface area contributed by atoms with E-state index in [2.05, 4.69) is 22.3 Å². The Morgan fingerprint density at radius 1 is 1.00 bits per heavy atom. The number of carbonyl (C=O) groups excluding carboxylic acids is 1. The summed E-state index contributed by atoms with van der Waals surface area (Å²) in [6.45, 7) is 4.63. The van der Waals surface area contributed by atoms with Crippen molar-refractivity contribution in [2.24, 2.45) is 0 Å². The maximum absolute atomic E-state index is 12.5. The van der Waals surface area contributed by atoms with E-state index in [0.29, 0.717) is 6.04 Å². The van der Waals surface area contributed by atoms with Crippen LogP contribution >= 0.6 is 11.6 Å². The molecule has 2 amide bonds. The summed E-state index contributed by atoms with van der Waals surface area (Å²) in [5, 5.41) is 4.05. The van der Waals surface area contributed by atoms with Gasteiger partial charge in [0.05, 0.1) is 0 Å². The minimum absolute atomic E-state index is 0.143. The summed E-state index contributed by atoms with van der Waals surface area (Å²) < 4.78 is 0. The molecule has 5 heteroatoms. The van der Waals surface area contributed by atoms with Crippen molar-refractivity contribution in [3.63, 3.8) is 0 Å². The Kier molecular flexibility index (Phi) is 7.00. The third-order valence-corrected chi connectivity index (χ3v) is 5.72. The van der Waals surface area contributed by atoms with Crippen molar-refractivity contribution in [3.8, 4) is 0 Å². The van der Waals surface area contributed by atoms with E-state index in [-0.39, 0.29) is 6.03 Å². The Bertz CT molecular complexity index is 532. The van der Waals surface area contributed by atoms with Gasteiger partial charge in [-0.1, -0.05) is 49.4 Å². The molecule has 138 valence electrons. The predicted octanol–water partition coefficient (Wildman–Crippen LogP) is 3.93. The van der Waals surface area contributed by atoms with E-state index in [1.807, 2.05) is 17.0 Å². The van der Waals surface area contributed by atoms with Crippen LogP contribution in [0.25, 0.3) is 0 Å². The normalized spacial score (nSPS) is 20.3. The molecule has 1 aliphatic heterocycles. The molecular weight excluding hydrogens is 334 g/mol. The predicted molar refractivity (Wildman–Crippen MR) is 103 cm³/mol. The highest BCUT2D eigenvalue weighted by Gasteiger charge is 2.23. The number of piperazine rings is 1. The monoisotopic (exact) mass is 363 g/mol. The fraction of sp³-hybridized carbons (Fsp3) is 0.650. The first-order valence-corrected chi connectivity index (χ1v) is 10.1. The summed E-state index contributed by atoms with van der Waals surface area (Å²) in [5.41, 5.74) is 1.32. The van der Waals surface area contributed by atoms with Gasteiger partial charge in [-0.15, -0.1) is 0 Å². The molecule has 1 saturated heterocycles. The zero-order valence-electron chi connectivity index (χ0n) is 15.1. The zero-order chi connectivity index (χ0) is 17.5. The third kappa shape index (κ3) is 5.89. The summed E-state index contributed by atoms with van der Waals surface area (Å²) in [7, 11) is 0. The fourth-order valence-corrected chi connectivity index (χ4v) is 3.93. The first kappa shape index (κ1) is 18.5. The van der Waals surface area contributed by atoms with Gasteiger partial charge in [-0.25, -0.2) is 4.79 Å². The molecule has 1 aliphatic carbocycles. The van der Waals surface area contributed by atoms with Gasteiger partial charge in [-0.05, 0) is 37.0 Å². The number of hydrogen-bond donors (Lipinski definition) is 1. The molecule has 1 aromatic carbocycles. The van der Waals surface area contributed by atoms with Crippen LogP contribution in [0.2, 0.25) is 5.02 Å². The van der Waals surface area contributed by atoms with E-state index in [4.69, 9.17) is 11.6 Å². The Labute approximate surface area is 156 Å². The summed E-state index contributed by atoms with van der Waals surface area (Å²) >= 11 is 5.93. The van der Waals surface area contributed by atoms with Gasteiger partial charge in [0.25, 0.3) is 0 Å². The van der Waals surface area contributed by atoms with Crippen LogP contribution in [0, 0.1) is 0 Å². The molecule has 4 nitrogen and oxygen atoms in total. The molecular formula is C20H30ClN3O. The van der Waals surface area contributed by atoms with Gasteiger partial charge in [-0.3, -0.25) is 4.90 Å². The summed E-state index contributed by atoms with van der Waals surface area (Å²) in [5.74, 6) is 0. The van der Waals surface area contributed by atoms with Crippen molar-refractivity contribution in [2.45, 2.75) is 51.0 Å². The Morgan fingerprint density at radius 3 is 2.28 bits per heavy atom. The van der Waals surface area contributed by atoms with E-state index in [1.54, 1.807) is 0 Å². The van der Waals surface area contributed by atoms with Crippen LogP contribution in [-0.4, -0.2) is 54.6 Å². The molecule has 0 atom stereocenters. The highest BCUT2D eigenvalue weighted by Crippen LogP contribution is 2.17. The van der Waals surface area contributed by atoms with E-state index in [0.717, 1.165) is 57.0 Å².